The van der Waals surface area contributed by atoms with E-state index >= 15 is 0 Å². The normalized spacial score (nSPS) is 23.2. The highest BCUT2D eigenvalue weighted by molar-refractivity contribution is 5.86. The summed E-state index contributed by atoms with van der Waals surface area (Å²) in [6.07, 6.45) is 3.00. The second kappa shape index (κ2) is 6.98. The standard InChI is InChI=1S/C14H27N5O2/c1-11(2)17-8-4-12(5-9-17)19-7-3-6-18(14(19)20)10-13(15)16-21/h11-12,21H,3-10H2,1-2H3,(H2,15,16). The van der Waals surface area contributed by atoms with Crippen molar-refractivity contribution in [3.8, 4) is 0 Å². The number of oxime groups is 1. The summed E-state index contributed by atoms with van der Waals surface area (Å²) in [5, 5.41) is 11.6. The number of amides is 2. The van der Waals surface area contributed by atoms with Gasteiger partial charge in [-0.3, -0.25) is 0 Å². The smallest absolute Gasteiger partial charge is 0.320 e. The molecule has 2 fully saturated rings. The number of carbonyl (C=O) groups excluding carboxylic acids is 1. The molecule has 0 aromatic rings. The van der Waals surface area contributed by atoms with Crippen molar-refractivity contribution in [2.24, 2.45) is 10.9 Å². The van der Waals surface area contributed by atoms with Crippen LogP contribution in [0.5, 0.6) is 0 Å². The van der Waals surface area contributed by atoms with Gasteiger partial charge in [-0.25, -0.2) is 4.79 Å². The summed E-state index contributed by atoms with van der Waals surface area (Å²) in [6.45, 7) is 8.22. The summed E-state index contributed by atoms with van der Waals surface area (Å²) < 4.78 is 0. The largest absolute Gasteiger partial charge is 0.409 e. The Balaban J connectivity index is 1.92. The third kappa shape index (κ3) is 3.78. The van der Waals surface area contributed by atoms with Crippen molar-refractivity contribution in [2.75, 3.05) is 32.7 Å². The van der Waals surface area contributed by atoms with E-state index in [4.69, 9.17) is 10.9 Å². The van der Waals surface area contributed by atoms with Crippen molar-refractivity contribution < 1.29 is 10.0 Å². The van der Waals surface area contributed by atoms with Gasteiger partial charge in [-0.1, -0.05) is 5.16 Å². The van der Waals surface area contributed by atoms with Crippen LogP contribution in [0.25, 0.3) is 0 Å². The number of piperidine rings is 1. The fraction of sp³-hybridized carbons (Fsp3) is 0.857. The van der Waals surface area contributed by atoms with Gasteiger partial charge in [0.1, 0.15) is 0 Å². The topological polar surface area (TPSA) is 85.4 Å². The molecule has 2 heterocycles. The molecule has 21 heavy (non-hydrogen) atoms. The molecule has 0 spiro atoms. The maximum Gasteiger partial charge on any atom is 0.320 e. The van der Waals surface area contributed by atoms with Gasteiger partial charge in [0.05, 0.1) is 6.54 Å². The molecule has 0 aromatic carbocycles. The van der Waals surface area contributed by atoms with Gasteiger partial charge in [0, 0.05) is 38.3 Å². The average Bonchev–Trinajstić information content (AvgIpc) is 2.49. The number of urea groups is 1. The van der Waals surface area contributed by atoms with Crippen LogP contribution in [0.4, 0.5) is 4.79 Å². The third-order valence-electron chi connectivity index (χ3n) is 4.49. The molecule has 0 unspecified atom stereocenters. The summed E-state index contributed by atoms with van der Waals surface area (Å²) in [7, 11) is 0. The van der Waals surface area contributed by atoms with Crippen LogP contribution < -0.4 is 5.73 Å². The minimum Gasteiger partial charge on any atom is -0.409 e. The molecule has 0 aliphatic carbocycles. The fourth-order valence-corrected chi connectivity index (χ4v) is 3.23. The first-order chi connectivity index (χ1) is 10.0. The molecule has 0 radical (unpaired) electrons. The molecule has 3 N–H and O–H groups in total. The van der Waals surface area contributed by atoms with Crippen molar-refractivity contribution in [1.82, 2.24) is 14.7 Å². The first kappa shape index (κ1) is 15.9. The number of hydrogen-bond acceptors (Lipinski definition) is 4. The zero-order chi connectivity index (χ0) is 15.4. The maximum atomic E-state index is 12.5. The monoisotopic (exact) mass is 297 g/mol. The van der Waals surface area contributed by atoms with Crippen LogP contribution in [-0.4, -0.2) is 76.6 Å². The number of likely N-dealkylation sites (tertiary alicyclic amines) is 1. The number of nitrogens with two attached hydrogens (primary N) is 1. The Bertz CT molecular complexity index is 391. The molecule has 0 saturated carbocycles. The molecule has 2 aliphatic rings. The number of carbonyl (C=O) groups is 1. The lowest BCUT2D eigenvalue weighted by molar-refractivity contribution is 0.0743. The summed E-state index contributed by atoms with van der Waals surface area (Å²) >= 11 is 0. The van der Waals surface area contributed by atoms with E-state index in [-0.39, 0.29) is 18.4 Å². The van der Waals surface area contributed by atoms with E-state index in [9.17, 15) is 4.79 Å². The number of amidine groups is 1. The lowest BCUT2D eigenvalue weighted by Gasteiger charge is -2.44. The Hall–Kier alpha value is -1.50. The minimum absolute atomic E-state index is 0.0239. The van der Waals surface area contributed by atoms with Crippen LogP contribution in [0, 0.1) is 0 Å². The fourth-order valence-electron chi connectivity index (χ4n) is 3.23. The molecular weight excluding hydrogens is 270 g/mol. The van der Waals surface area contributed by atoms with Crippen molar-refractivity contribution in [3.05, 3.63) is 0 Å². The lowest BCUT2D eigenvalue weighted by atomic mass is 10.0. The zero-order valence-corrected chi connectivity index (χ0v) is 13.0. The first-order valence-electron chi connectivity index (χ1n) is 7.79. The summed E-state index contributed by atoms with van der Waals surface area (Å²) in [4.78, 5) is 18.6. The highest BCUT2D eigenvalue weighted by atomic mass is 16.4. The van der Waals surface area contributed by atoms with Crippen molar-refractivity contribution in [3.63, 3.8) is 0 Å². The van der Waals surface area contributed by atoms with Crippen LogP contribution in [0.1, 0.15) is 33.1 Å². The molecule has 2 amide bonds. The van der Waals surface area contributed by atoms with Crippen molar-refractivity contribution >= 4 is 11.9 Å². The molecule has 0 atom stereocenters. The van der Waals surface area contributed by atoms with Crippen LogP contribution in [0.3, 0.4) is 0 Å². The van der Waals surface area contributed by atoms with E-state index in [2.05, 4.69) is 23.9 Å². The van der Waals surface area contributed by atoms with Crippen LogP contribution in [0.2, 0.25) is 0 Å². The molecular formula is C14H27N5O2. The van der Waals surface area contributed by atoms with Gasteiger partial charge < -0.3 is 25.6 Å². The van der Waals surface area contributed by atoms with Crippen LogP contribution in [-0.2, 0) is 0 Å². The van der Waals surface area contributed by atoms with Gasteiger partial charge in [-0.15, -0.1) is 0 Å². The second-order valence-corrected chi connectivity index (χ2v) is 6.20. The summed E-state index contributed by atoms with van der Waals surface area (Å²) in [5.41, 5.74) is 5.52. The van der Waals surface area contributed by atoms with E-state index in [0.717, 1.165) is 38.9 Å². The Kier molecular flexibility index (Phi) is 5.27. The van der Waals surface area contributed by atoms with E-state index in [1.807, 2.05) is 4.90 Å². The third-order valence-corrected chi connectivity index (χ3v) is 4.49. The number of rotatable bonds is 4. The molecule has 7 nitrogen and oxygen atoms in total. The molecule has 2 rings (SSSR count). The van der Waals surface area contributed by atoms with E-state index in [1.165, 1.54) is 0 Å². The van der Waals surface area contributed by atoms with Gasteiger partial charge in [-0.2, -0.15) is 0 Å². The van der Waals surface area contributed by atoms with Crippen molar-refractivity contribution in [2.45, 2.75) is 45.2 Å². The lowest BCUT2D eigenvalue weighted by Crippen LogP contribution is -2.57. The molecule has 0 aromatic heterocycles. The van der Waals surface area contributed by atoms with E-state index < -0.39 is 0 Å². The Morgan fingerprint density at radius 1 is 1.33 bits per heavy atom. The van der Waals surface area contributed by atoms with Crippen molar-refractivity contribution in [1.29, 1.82) is 0 Å². The van der Waals surface area contributed by atoms with E-state index in [0.29, 0.717) is 18.6 Å². The highest BCUT2D eigenvalue weighted by Gasteiger charge is 2.33. The summed E-state index contributed by atoms with van der Waals surface area (Å²) in [5.74, 6) is 0.0832. The second-order valence-electron chi connectivity index (χ2n) is 6.20. The Labute approximate surface area is 126 Å². The number of hydrogen-bond donors (Lipinski definition) is 2. The molecule has 120 valence electrons. The predicted molar refractivity (Wildman–Crippen MR) is 81.4 cm³/mol. The quantitative estimate of drug-likeness (QED) is 0.347. The van der Waals surface area contributed by atoms with Gasteiger partial charge in [0.15, 0.2) is 5.84 Å². The Morgan fingerprint density at radius 3 is 2.57 bits per heavy atom. The Morgan fingerprint density at radius 2 is 2.00 bits per heavy atom. The zero-order valence-electron chi connectivity index (χ0n) is 13.0. The molecule has 2 aliphatic heterocycles. The van der Waals surface area contributed by atoms with Gasteiger partial charge >= 0.3 is 6.03 Å². The van der Waals surface area contributed by atoms with Gasteiger partial charge in [0.2, 0.25) is 0 Å². The minimum atomic E-state index is 0.0239. The van der Waals surface area contributed by atoms with Gasteiger partial charge in [-0.05, 0) is 33.1 Å². The first-order valence-corrected chi connectivity index (χ1v) is 7.79. The van der Waals surface area contributed by atoms with E-state index in [1.54, 1.807) is 4.90 Å². The average molecular weight is 297 g/mol. The molecule has 0 bridgehead atoms. The summed E-state index contributed by atoms with van der Waals surface area (Å²) in [6, 6.07) is 0.915. The van der Waals surface area contributed by atoms with Gasteiger partial charge in [0.25, 0.3) is 0 Å². The SMILES string of the molecule is CC(C)N1CCC(N2CCCN(C/C(N)=N/O)C2=O)CC1. The maximum absolute atomic E-state index is 12.5. The van der Waals surface area contributed by atoms with Crippen LogP contribution >= 0.6 is 0 Å². The number of nitrogens with zero attached hydrogens (tertiary/aromatic N) is 4. The highest BCUT2D eigenvalue weighted by Crippen LogP contribution is 2.22. The molecule has 2 saturated heterocycles. The molecule has 7 heteroatoms. The predicted octanol–water partition coefficient (Wildman–Crippen LogP) is 0.733. The van der Waals surface area contributed by atoms with Crippen LogP contribution in [0.15, 0.2) is 5.16 Å².